The Balaban J connectivity index is 2.26. The number of likely N-dealkylation sites (N-methyl/N-ethyl adjacent to an activating group) is 1. The molecule has 1 aromatic heterocycles. The van der Waals surface area contributed by atoms with Crippen molar-refractivity contribution in [1.29, 1.82) is 0 Å². The summed E-state index contributed by atoms with van der Waals surface area (Å²) < 4.78 is 1.99. The van der Waals surface area contributed by atoms with Crippen LogP contribution in [-0.4, -0.2) is 27.5 Å². The van der Waals surface area contributed by atoms with Gasteiger partial charge in [-0.15, -0.1) is 0 Å². The maximum absolute atomic E-state index is 11.9. The molecule has 5 nitrogen and oxygen atoms in total. The summed E-state index contributed by atoms with van der Waals surface area (Å²) in [6.45, 7) is 5.26. The van der Waals surface area contributed by atoms with E-state index in [2.05, 4.69) is 10.3 Å². The van der Waals surface area contributed by atoms with E-state index in [0.29, 0.717) is 12.5 Å². The molecular weight excluding hydrogens is 216 g/mol. The lowest BCUT2D eigenvalue weighted by Crippen LogP contribution is -2.59. The minimum atomic E-state index is -0.611. The van der Waals surface area contributed by atoms with Crippen molar-refractivity contribution < 1.29 is 4.79 Å². The first-order chi connectivity index (χ1) is 8.10. The molecule has 2 rings (SSSR count). The van der Waals surface area contributed by atoms with E-state index >= 15 is 0 Å². The van der Waals surface area contributed by atoms with E-state index in [-0.39, 0.29) is 5.91 Å². The summed E-state index contributed by atoms with van der Waals surface area (Å²) in [6, 6.07) is 0. The van der Waals surface area contributed by atoms with E-state index in [1.54, 1.807) is 6.20 Å². The fourth-order valence-electron chi connectivity index (χ4n) is 2.43. The van der Waals surface area contributed by atoms with E-state index in [1.807, 2.05) is 24.6 Å². The summed E-state index contributed by atoms with van der Waals surface area (Å²) in [6.07, 6.45) is 5.79. The largest absolute Gasteiger partial charge is 0.368 e. The van der Waals surface area contributed by atoms with Gasteiger partial charge in [-0.3, -0.25) is 4.79 Å². The maximum Gasteiger partial charge on any atom is 0.239 e. The van der Waals surface area contributed by atoms with Gasteiger partial charge in [-0.2, -0.15) is 0 Å². The van der Waals surface area contributed by atoms with Crippen LogP contribution in [0, 0.1) is 12.8 Å². The highest BCUT2D eigenvalue weighted by Crippen LogP contribution is 2.40. The van der Waals surface area contributed by atoms with Crippen LogP contribution in [-0.2, 0) is 11.3 Å². The normalized spacial score (nSPS) is 18.9. The first-order valence-corrected chi connectivity index (χ1v) is 6.13. The zero-order chi connectivity index (χ0) is 12.5. The average Bonchev–Trinajstić information content (AvgIpc) is 3.04. The van der Waals surface area contributed by atoms with Gasteiger partial charge in [-0.05, 0) is 32.2 Å². The Morgan fingerprint density at radius 3 is 2.82 bits per heavy atom. The number of hydrogen-bond donors (Lipinski definition) is 2. The Kier molecular flexibility index (Phi) is 3.19. The molecule has 1 saturated carbocycles. The molecule has 0 bridgehead atoms. The van der Waals surface area contributed by atoms with Crippen LogP contribution >= 0.6 is 0 Å². The highest BCUT2D eigenvalue weighted by molar-refractivity contribution is 5.85. The summed E-state index contributed by atoms with van der Waals surface area (Å²) >= 11 is 0. The van der Waals surface area contributed by atoms with Crippen molar-refractivity contribution in [3.8, 4) is 0 Å². The third kappa shape index (κ3) is 2.20. The number of nitrogens with zero attached hydrogens (tertiary/aromatic N) is 2. The SMILES string of the molecule is CCNC(Cn1ccnc1C)(C(N)=O)C1CC1. The van der Waals surface area contributed by atoms with Gasteiger partial charge in [0.2, 0.25) is 5.91 Å². The molecule has 1 aliphatic rings. The van der Waals surface area contributed by atoms with Crippen LogP contribution in [0.5, 0.6) is 0 Å². The Morgan fingerprint density at radius 2 is 2.41 bits per heavy atom. The highest BCUT2D eigenvalue weighted by Gasteiger charge is 2.49. The number of imidazole rings is 1. The Labute approximate surface area is 101 Å². The van der Waals surface area contributed by atoms with Gasteiger partial charge in [0.05, 0.1) is 6.54 Å². The van der Waals surface area contributed by atoms with Crippen molar-refractivity contribution in [2.45, 2.75) is 38.8 Å². The van der Waals surface area contributed by atoms with Gasteiger partial charge >= 0.3 is 0 Å². The number of aryl methyl sites for hydroxylation is 1. The quantitative estimate of drug-likeness (QED) is 0.752. The summed E-state index contributed by atoms with van der Waals surface area (Å²) in [5.41, 5.74) is 5.02. The zero-order valence-corrected chi connectivity index (χ0v) is 10.4. The average molecular weight is 236 g/mol. The maximum atomic E-state index is 11.9. The highest BCUT2D eigenvalue weighted by atomic mass is 16.1. The van der Waals surface area contributed by atoms with Gasteiger partial charge < -0.3 is 15.6 Å². The van der Waals surface area contributed by atoms with Crippen LogP contribution < -0.4 is 11.1 Å². The molecule has 0 aromatic carbocycles. The Bertz CT molecular complexity index is 410. The van der Waals surface area contributed by atoms with E-state index in [1.165, 1.54) is 0 Å². The number of carbonyl (C=O) groups is 1. The lowest BCUT2D eigenvalue weighted by molar-refractivity contribution is -0.126. The second-order valence-electron chi connectivity index (χ2n) is 4.74. The number of primary amides is 1. The molecule has 3 N–H and O–H groups in total. The Hall–Kier alpha value is -1.36. The molecule has 94 valence electrons. The van der Waals surface area contributed by atoms with Crippen LogP contribution in [0.15, 0.2) is 12.4 Å². The first-order valence-electron chi connectivity index (χ1n) is 6.13. The predicted molar refractivity (Wildman–Crippen MR) is 65.3 cm³/mol. The number of amides is 1. The van der Waals surface area contributed by atoms with Gasteiger partial charge in [0.25, 0.3) is 0 Å². The van der Waals surface area contributed by atoms with Crippen LogP contribution in [0.2, 0.25) is 0 Å². The van der Waals surface area contributed by atoms with Crippen LogP contribution in [0.3, 0.4) is 0 Å². The van der Waals surface area contributed by atoms with E-state index < -0.39 is 5.54 Å². The molecule has 1 atom stereocenters. The summed E-state index contributed by atoms with van der Waals surface area (Å²) in [5, 5.41) is 3.30. The van der Waals surface area contributed by atoms with Crippen LogP contribution in [0.1, 0.15) is 25.6 Å². The number of rotatable bonds is 6. The molecule has 17 heavy (non-hydrogen) atoms. The molecule has 0 saturated heterocycles. The smallest absolute Gasteiger partial charge is 0.239 e. The minimum Gasteiger partial charge on any atom is -0.368 e. The second kappa shape index (κ2) is 4.49. The van der Waals surface area contributed by atoms with Crippen LogP contribution in [0.4, 0.5) is 0 Å². The summed E-state index contributed by atoms with van der Waals surface area (Å²) in [7, 11) is 0. The minimum absolute atomic E-state index is 0.255. The summed E-state index contributed by atoms with van der Waals surface area (Å²) in [4.78, 5) is 16.0. The van der Waals surface area contributed by atoms with E-state index in [0.717, 1.165) is 25.2 Å². The zero-order valence-electron chi connectivity index (χ0n) is 10.4. The molecule has 0 aliphatic heterocycles. The molecule has 1 unspecified atom stereocenters. The van der Waals surface area contributed by atoms with E-state index in [4.69, 9.17) is 5.73 Å². The molecule has 1 fully saturated rings. The standard InChI is InChI=1S/C12H20N4O/c1-3-15-12(11(13)17,10-4-5-10)8-16-7-6-14-9(16)2/h6-7,10,15H,3-5,8H2,1-2H3,(H2,13,17). The lowest BCUT2D eigenvalue weighted by atomic mass is 9.91. The number of nitrogens with two attached hydrogens (primary N) is 1. The molecule has 1 aliphatic carbocycles. The monoisotopic (exact) mass is 236 g/mol. The number of nitrogens with one attached hydrogen (secondary N) is 1. The van der Waals surface area contributed by atoms with Crippen molar-refractivity contribution in [3.63, 3.8) is 0 Å². The topological polar surface area (TPSA) is 72.9 Å². The van der Waals surface area contributed by atoms with Gasteiger partial charge in [-0.25, -0.2) is 4.98 Å². The van der Waals surface area contributed by atoms with Crippen molar-refractivity contribution in [2.75, 3.05) is 6.54 Å². The Morgan fingerprint density at radius 1 is 1.71 bits per heavy atom. The third-order valence-electron chi connectivity index (χ3n) is 3.55. The fraction of sp³-hybridized carbons (Fsp3) is 0.667. The number of carbonyl (C=O) groups excluding carboxylic acids is 1. The molecule has 5 heteroatoms. The molecule has 1 aromatic rings. The molecule has 1 heterocycles. The molecule has 1 amide bonds. The summed E-state index contributed by atoms with van der Waals surface area (Å²) in [5.74, 6) is 1.02. The van der Waals surface area contributed by atoms with Crippen molar-refractivity contribution in [2.24, 2.45) is 11.7 Å². The fourth-order valence-corrected chi connectivity index (χ4v) is 2.43. The van der Waals surface area contributed by atoms with Gasteiger partial charge in [-0.1, -0.05) is 6.92 Å². The van der Waals surface area contributed by atoms with Crippen molar-refractivity contribution in [1.82, 2.24) is 14.9 Å². The molecular formula is C12H20N4O. The third-order valence-corrected chi connectivity index (χ3v) is 3.55. The van der Waals surface area contributed by atoms with Gasteiger partial charge in [0.1, 0.15) is 11.4 Å². The predicted octanol–water partition coefficient (Wildman–Crippen LogP) is 0.435. The van der Waals surface area contributed by atoms with Gasteiger partial charge in [0, 0.05) is 12.4 Å². The second-order valence-corrected chi connectivity index (χ2v) is 4.74. The van der Waals surface area contributed by atoms with Crippen LogP contribution in [0.25, 0.3) is 0 Å². The lowest BCUT2D eigenvalue weighted by Gasteiger charge is -2.32. The van der Waals surface area contributed by atoms with E-state index in [9.17, 15) is 4.79 Å². The van der Waals surface area contributed by atoms with Crippen molar-refractivity contribution >= 4 is 5.91 Å². The van der Waals surface area contributed by atoms with Gasteiger partial charge in [0.15, 0.2) is 0 Å². The number of hydrogen-bond acceptors (Lipinski definition) is 3. The number of aromatic nitrogens is 2. The molecule has 0 radical (unpaired) electrons. The first kappa shape index (κ1) is 12.1. The van der Waals surface area contributed by atoms with Crippen molar-refractivity contribution in [3.05, 3.63) is 18.2 Å². The molecule has 0 spiro atoms.